The summed E-state index contributed by atoms with van der Waals surface area (Å²) in [4.78, 5) is 11.0. The molecule has 2 nitrogen and oxygen atoms in total. The lowest BCUT2D eigenvalue weighted by atomic mass is 9.86. The van der Waals surface area contributed by atoms with Crippen molar-refractivity contribution in [2.45, 2.75) is 12.8 Å². The molecule has 0 spiro atoms. The zero-order chi connectivity index (χ0) is 6.97. The van der Waals surface area contributed by atoms with E-state index in [0.717, 1.165) is 12.8 Å². The van der Waals surface area contributed by atoms with Crippen molar-refractivity contribution in [2.24, 2.45) is 11.8 Å². The zero-order valence-electron chi connectivity index (χ0n) is 5.75. The molecule has 0 aromatic heterocycles. The van der Waals surface area contributed by atoms with Crippen molar-refractivity contribution in [2.75, 3.05) is 6.61 Å². The van der Waals surface area contributed by atoms with Crippen molar-refractivity contribution in [1.29, 1.82) is 0 Å². The fourth-order valence-electron chi connectivity index (χ4n) is 1.64. The number of carbonyl (C=O) groups is 1. The molecule has 0 aromatic rings. The lowest BCUT2D eigenvalue weighted by Gasteiger charge is -2.14. The average molecular weight is 138 g/mol. The van der Waals surface area contributed by atoms with Gasteiger partial charge in [-0.3, -0.25) is 4.79 Å². The number of ether oxygens (including phenoxy) is 1. The van der Waals surface area contributed by atoms with E-state index in [2.05, 4.69) is 12.2 Å². The Bertz CT molecular complexity index is 184. The van der Waals surface area contributed by atoms with Crippen LogP contribution in [0.3, 0.4) is 0 Å². The van der Waals surface area contributed by atoms with Crippen molar-refractivity contribution < 1.29 is 9.53 Å². The minimum atomic E-state index is 0.00866. The highest BCUT2D eigenvalue weighted by atomic mass is 16.5. The van der Waals surface area contributed by atoms with Gasteiger partial charge in [0.15, 0.2) is 0 Å². The van der Waals surface area contributed by atoms with E-state index in [0.29, 0.717) is 12.5 Å². The van der Waals surface area contributed by atoms with Gasteiger partial charge in [-0.05, 0) is 12.8 Å². The van der Waals surface area contributed by atoms with Crippen LogP contribution in [0.2, 0.25) is 0 Å². The van der Waals surface area contributed by atoms with Gasteiger partial charge in [0.1, 0.15) is 0 Å². The molecule has 0 amide bonds. The van der Waals surface area contributed by atoms with Crippen LogP contribution < -0.4 is 0 Å². The molecular weight excluding hydrogens is 128 g/mol. The third-order valence-corrected chi connectivity index (χ3v) is 2.31. The Kier molecular flexibility index (Phi) is 1.26. The molecule has 2 atom stereocenters. The summed E-state index contributed by atoms with van der Waals surface area (Å²) in [6.45, 7) is 0.647. The minimum Gasteiger partial charge on any atom is -0.465 e. The fraction of sp³-hybridized carbons (Fsp3) is 0.625. The number of allylic oxidation sites excluding steroid dienone is 2. The Morgan fingerprint density at radius 3 is 3.00 bits per heavy atom. The van der Waals surface area contributed by atoms with Crippen LogP contribution in [0.25, 0.3) is 0 Å². The van der Waals surface area contributed by atoms with E-state index >= 15 is 0 Å². The van der Waals surface area contributed by atoms with Crippen LogP contribution in [-0.4, -0.2) is 12.6 Å². The summed E-state index contributed by atoms with van der Waals surface area (Å²) in [7, 11) is 0. The minimum absolute atomic E-state index is 0.00866. The van der Waals surface area contributed by atoms with Crippen LogP contribution in [0, 0.1) is 11.8 Å². The average Bonchev–Trinajstić information content (AvgIpc) is 2.34. The van der Waals surface area contributed by atoms with Crippen molar-refractivity contribution in [1.82, 2.24) is 0 Å². The highest BCUT2D eigenvalue weighted by Crippen LogP contribution is 2.31. The molecule has 54 valence electrons. The van der Waals surface area contributed by atoms with Gasteiger partial charge in [0.25, 0.3) is 0 Å². The molecule has 1 unspecified atom stereocenters. The molecule has 0 radical (unpaired) electrons. The molecule has 10 heavy (non-hydrogen) atoms. The van der Waals surface area contributed by atoms with Crippen molar-refractivity contribution in [3.8, 4) is 0 Å². The summed E-state index contributed by atoms with van der Waals surface area (Å²) >= 11 is 0. The zero-order valence-corrected chi connectivity index (χ0v) is 5.75. The number of carbonyl (C=O) groups excluding carboxylic acids is 1. The van der Waals surface area contributed by atoms with Gasteiger partial charge in [-0.2, -0.15) is 0 Å². The van der Waals surface area contributed by atoms with Crippen molar-refractivity contribution >= 4 is 5.97 Å². The Labute approximate surface area is 59.9 Å². The first-order valence-electron chi connectivity index (χ1n) is 3.69. The van der Waals surface area contributed by atoms with Crippen LogP contribution in [0.5, 0.6) is 0 Å². The Balaban J connectivity index is 2.17. The third-order valence-electron chi connectivity index (χ3n) is 2.31. The monoisotopic (exact) mass is 138 g/mol. The topological polar surface area (TPSA) is 26.3 Å². The molecule has 0 saturated carbocycles. The number of esters is 1. The number of rotatable bonds is 0. The van der Waals surface area contributed by atoms with Crippen molar-refractivity contribution in [3.63, 3.8) is 0 Å². The molecule has 1 saturated heterocycles. The maximum absolute atomic E-state index is 11.0. The number of cyclic esters (lactones) is 1. The largest absolute Gasteiger partial charge is 0.465 e. The van der Waals surface area contributed by atoms with E-state index in [1.165, 1.54) is 0 Å². The second kappa shape index (κ2) is 2.11. The van der Waals surface area contributed by atoms with Gasteiger partial charge in [0, 0.05) is 5.92 Å². The fourth-order valence-corrected chi connectivity index (χ4v) is 1.64. The van der Waals surface area contributed by atoms with Crippen LogP contribution in [0.4, 0.5) is 0 Å². The summed E-state index contributed by atoms with van der Waals surface area (Å²) < 4.78 is 4.92. The number of fused-ring (bicyclic) bond motifs is 1. The van der Waals surface area contributed by atoms with E-state index < -0.39 is 0 Å². The molecule has 0 bridgehead atoms. The van der Waals surface area contributed by atoms with Gasteiger partial charge in [-0.1, -0.05) is 12.2 Å². The van der Waals surface area contributed by atoms with Crippen molar-refractivity contribution in [3.05, 3.63) is 12.2 Å². The summed E-state index contributed by atoms with van der Waals surface area (Å²) in [6, 6.07) is 0. The smallest absolute Gasteiger partial charge is 0.309 e. The highest BCUT2D eigenvalue weighted by Gasteiger charge is 2.36. The predicted molar refractivity (Wildman–Crippen MR) is 36.3 cm³/mol. The SMILES string of the molecule is O=C1OC[C@@H]2CC=CCC12. The van der Waals surface area contributed by atoms with Gasteiger partial charge in [-0.25, -0.2) is 0 Å². The predicted octanol–water partition coefficient (Wildman–Crippen LogP) is 1.13. The first-order chi connectivity index (χ1) is 4.88. The second-order valence-electron chi connectivity index (χ2n) is 2.94. The summed E-state index contributed by atoms with van der Waals surface area (Å²) in [5.74, 6) is 0.678. The quantitative estimate of drug-likeness (QED) is 0.370. The van der Waals surface area contributed by atoms with Crippen LogP contribution >= 0.6 is 0 Å². The first-order valence-corrected chi connectivity index (χ1v) is 3.69. The molecule has 0 aromatic carbocycles. The maximum Gasteiger partial charge on any atom is 0.309 e. The molecular formula is C8H10O2. The molecule has 1 fully saturated rings. The van der Waals surface area contributed by atoms with Crippen LogP contribution in [0.1, 0.15) is 12.8 Å². The molecule has 1 aliphatic heterocycles. The summed E-state index contributed by atoms with van der Waals surface area (Å²) in [5.41, 5.74) is 0. The lowest BCUT2D eigenvalue weighted by molar-refractivity contribution is -0.141. The van der Waals surface area contributed by atoms with E-state index in [1.54, 1.807) is 0 Å². The normalized spacial score (nSPS) is 37.4. The van der Waals surface area contributed by atoms with Crippen LogP contribution in [0.15, 0.2) is 12.2 Å². The molecule has 2 aliphatic rings. The molecule has 2 rings (SSSR count). The highest BCUT2D eigenvalue weighted by molar-refractivity contribution is 5.75. The lowest BCUT2D eigenvalue weighted by Crippen LogP contribution is -2.16. The number of hydrogen-bond acceptors (Lipinski definition) is 2. The van der Waals surface area contributed by atoms with E-state index in [4.69, 9.17) is 4.74 Å². The maximum atomic E-state index is 11.0. The Hall–Kier alpha value is -0.790. The van der Waals surface area contributed by atoms with Gasteiger partial charge in [-0.15, -0.1) is 0 Å². The standard InChI is InChI=1S/C8H10O2/c9-8-7-4-2-1-3-6(7)5-10-8/h1-2,6-7H,3-5H2/t6-,7?/m0/s1. The van der Waals surface area contributed by atoms with Gasteiger partial charge in [0.2, 0.25) is 0 Å². The Morgan fingerprint density at radius 2 is 2.20 bits per heavy atom. The van der Waals surface area contributed by atoms with E-state index in [-0.39, 0.29) is 11.9 Å². The van der Waals surface area contributed by atoms with E-state index in [9.17, 15) is 4.79 Å². The van der Waals surface area contributed by atoms with Gasteiger partial charge < -0.3 is 4.74 Å². The number of hydrogen-bond donors (Lipinski definition) is 0. The van der Waals surface area contributed by atoms with Gasteiger partial charge >= 0.3 is 5.97 Å². The molecule has 0 N–H and O–H groups in total. The van der Waals surface area contributed by atoms with E-state index in [1.807, 2.05) is 0 Å². The molecule has 2 heteroatoms. The van der Waals surface area contributed by atoms with Crippen LogP contribution in [-0.2, 0) is 9.53 Å². The molecule has 1 heterocycles. The first kappa shape index (κ1) is 5.96. The summed E-state index contributed by atoms with van der Waals surface area (Å²) in [5, 5.41) is 0. The summed E-state index contributed by atoms with van der Waals surface area (Å²) in [6.07, 6.45) is 6.14. The molecule has 1 aliphatic carbocycles. The second-order valence-corrected chi connectivity index (χ2v) is 2.94. The third kappa shape index (κ3) is 0.753. The Morgan fingerprint density at radius 1 is 1.40 bits per heavy atom. The van der Waals surface area contributed by atoms with Gasteiger partial charge in [0.05, 0.1) is 12.5 Å².